The Balaban J connectivity index is 1.63. The molecule has 0 atom stereocenters. The maximum Gasteiger partial charge on any atom is 0.264 e. The minimum atomic E-state index is -0.457. The number of amidine groups is 1. The van der Waals surface area contributed by atoms with Crippen molar-refractivity contribution in [2.24, 2.45) is 4.99 Å². The van der Waals surface area contributed by atoms with Gasteiger partial charge in [0.15, 0.2) is 16.7 Å². The van der Waals surface area contributed by atoms with E-state index in [0.29, 0.717) is 32.2 Å². The molecule has 4 rings (SSSR count). The van der Waals surface area contributed by atoms with E-state index in [1.165, 1.54) is 12.1 Å². The Morgan fingerprint density at radius 1 is 1.24 bits per heavy atom. The third kappa shape index (κ3) is 3.20. The van der Waals surface area contributed by atoms with Crippen LogP contribution < -0.4 is 14.8 Å². The number of thioether (sulfide) groups is 1. The molecule has 0 aromatic heterocycles. The maximum absolute atomic E-state index is 13.7. The lowest BCUT2D eigenvalue weighted by Gasteiger charge is -2.02. The van der Waals surface area contributed by atoms with Crippen molar-refractivity contribution in [3.05, 3.63) is 57.7 Å². The van der Waals surface area contributed by atoms with Crippen LogP contribution in [0, 0.1) is 5.82 Å². The number of para-hydroxylation sites is 1. The molecule has 1 saturated heterocycles. The average molecular weight is 377 g/mol. The monoisotopic (exact) mass is 376 g/mol. The molecule has 2 aromatic carbocycles. The van der Waals surface area contributed by atoms with Gasteiger partial charge in [0, 0.05) is 6.07 Å². The summed E-state index contributed by atoms with van der Waals surface area (Å²) in [6, 6.07) is 9.44. The highest BCUT2D eigenvalue weighted by Crippen LogP contribution is 2.39. The molecule has 0 radical (unpaired) electrons. The highest BCUT2D eigenvalue weighted by molar-refractivity contribution is 8.18. The van der Waals surface area contributed by atoms with Crippen molar-refractivity contribution in [3.8, 4) is 11.5 Å². The molecule has 0 spiro atoms. The summed E-state index contributed by atoms with van der Waals surface area (Å²) in [5.41, 5.74) is 0.781. The number of ether oxygens (including phenoxy) is 2. The van der Waals surface area contributed by atoms with E-state index in [4.69, 9.17) is 21.1 Å². The molecule has 2 aromatic rings. The van der Waals surface area contributed by atoms with Crippen LogP contribution in [0.5, 0.6) is 11.5 Å². The van der Waals surface area contributed by atoms with Gasteiger partial charge in [-0.05, 0) is 41.6 Å². The van der Waals surface area contributed by atoms with Gasteiger partial charge < -0.3 is 14.8 Å². The Bertz CT molecular complexity index is 945. The topological polar surface area (TPSA) is 59.9 Å². The van der Waals surface area contributed by atoms with Crippen LogP contribution in [0.25, 0.3) is 6.08 Å². The largest absolute Gasteiger partial charge is 0.454 e. The number of amides is 1. The predicted molar refractivity (Wildman–Crippen MR) is 94.8 cm³/mol. The van der Waals surface area contributed by atoms with Crippen molar-refractivity contribution in [1.29, 1.82) is 0 Å². The Morgan fingerprint density at radius 2 is 2.00 bits per heavy atom. The number of carbonyl (C=O) groups excluding carboxylic acids is 1. The van der Waals surface area contributed by atoms with Crippen LogP contribution in [0.4, 0.5) is 10.1 Å². The lowest BCUT2D eigenvalue weighted by Crippen LogP contribution is -2.19. The van der Waals surface area contributed by atoms with Gasteiger partial charge in [0.05, 0.1) is 9.93 Å². The second kappa shape index (κ2) is 6.42. The standard InChI is InChI=1S/C17H10ClFN2O3S/c18-10-7-14-13(23-8-24-14)5-9(10)6-15-16(22)21-17(25-15)20-12-4-2-1-3-11(12)19/h1-7H,8H2,(H,20,21,22)/b15-6-. The van der Waals surface area contributed by atoms with E-state index in [2.05, 4.69) is 10.3 Å². The number of aliphatic imine (C=N–C) groups is 1. The number of benzene rings is 2. The number of rotatable bonds is 2. The van der Waals surface area contributed by atoms with E-state index >= 15 is 0 Å². The van der Waals surface area contributed by atoms with Crippen molar-refractivity contribution in [2.75, 3.05) is 6.79 Å². The van der Waals surface area contributed by atoms with Crippen LogP contribution in [0.3, 0.4) is 0 Å². The van der Waals surface area contributed by atoms with Crippen LogP contribution in [0.2, 0.25) is 5.02 Å². The molecular weight excluding hydrogens is 367 g/mol. The first-order valence-electron chi connectivity index (χ1n) is 7.23. The third-order valence-electron chi connectivity index (χ3n) is 3.50. The SMILES string of the molecule is O=C1NC(=Nc2ccccc2F)S/C1=C\c1cc2c(cc1Cl)OCO2. The molecule has 2 heterocycles. The summed E-state index contributed by atoms with van der Waals surface area (Å²) in [6.45, 7) is 0.139. The van der Waals surface area contributed by atoms with Crippen LogP contribution in [0.1, 0.15) is 5.56 Å². The van der Waals surface area contributed by atoms with E-state index in [0.717, 1.165) is 11.8 Å². The smallest absolute Gasteiger partial charge is 0.264 e. The zero-order valence-corrected chi connectivity index (χ0v) is 14.2. The lowest BCUT2D eigenvalue weighted by molar-refractivity contribution is -0.115. The Morgan fingerprint density at radius 3 is 2.80 bits per heavy atom. The summed E-state index contributed by atoms with van der Waals surface area (Å²) in [5.74, 6) is 0.354. The summed E-state index contributed by atoms with van der Waals surface area (Å²) in [5, 5.41) is 3.35. The van der Waals surface area contributed by atoms with Crippen molar-refractivity contribution in [2.45, 2.75) is 0 Å². The molecule has 0 aliphatic carbocycles. The number of fused-ring (bicyclic) bond motifs is 1. The minimum Gasteiger partial charge on any atom is -0.454 e. The second-order valence-electron chi connectivity index (χ2n) is 5.16. The molecule has 1 amide bonds. The number of hydrogen-bond donors (Lipinski definition) is 1. The number of hydrogen-bond acceptors (Lipinski definition) is 5. The summed E-state index contributed by atoms with van der Waals surface area (Å²) < 4.78 is 24.2. The first-order chi connectivity index (χ1) is 12.1. The summed E-state index contributed by atoms with van der Waals surface area (Å²) in [6.07, 6.45) is 1.63. The fourth-order valence-electron chi connectivity index (χ4n) is 2.32. The van der Waals surface area contributed by atoms with Gasteiger partial charge in [-0.25, -0.2) is 9.38 Å². The number of carbonyl (C=O) groups is 1. The first kappa shape index (κ1) is 16.0. The van der Waals surface area contributed by atoms with Crippen molar-refractivity contribution in [1.82, 2.24) is 5.32 Å². The van der Waals surface area contributed by atoms with Gasteiger partial charge in [-0.2, -0.15) is 0 Å². The molecule has 126 valence electrons. The molecule has 1 N–H and O–H groups in total. The van der Waals surface area contributed by atoms with Gasteiger partial charge in [-0.3, -0.25) is 4.79 Å². The Kier molecular flexibility index (Phi) is 4.10. The fourth-order valence-corrected chi connectivity index (χ4v) is 3.35. The van der Waals surface area contributed by atoms with Gasteiger partial charge in [0.1, 0.15) is 11.5 Å². The van der Waals surface area contributed by atoms with E-state index < -0.39 is 5.82 Å². The zero-order valence-electron chi connectivity index (χ0n) is 12.6. The van der Waals surface area contributed by atoms with Gasteiger partial charge in [0.2, 0.25) is 6.79 Å². The molecule has 5 nitrogen and oxygen atoms in total. The van der Waals surface area contributed by atoms with Gasteiger partial charge in [0.25, 0.3) is 5.91 Å². The van der Waals surface area contributed by atoms with Crippen molar-refractivity contribution < 1.29 is 18.7 Å². The molecule has 1 fully saturated rings. The second-order valence-corrected chi connectivity index (χ2v) is 6.60. The van der Waals surface area contributed by atoms with Crippen LogP contribution in [-0.2, 0) is 4.79 Å². The lowest BCUT2D eigenvalue weighted by atomic mass is 10.2. The Labute approximate surface area is 151 Å². The highest BCUT2D eigenvalue weighted by Gasteiger charge is 2.25. The van der Waals surface area contributed by atoms with Gasteiger partial charge >= 0.3 is 0 Å². The molecule has 0 bridgehead atoms. The van der Waals surface area contributed by atoms with Crippen molar-refractivity contribution in [3.63, 3.8) is 0 Å². The molecule has 0 saturated carbocycles. The summed E-state index contributed by atoms with van der Waals surface area (Å²) in [7, 11) is 0. The van der Waals surface area contributed by atoms with E-state index in [1.807, 2.05) is 0 Å². The average Bonchev–Trinajstić information content (AvgIpc) is 3.16. The third-order valence-corrected chi connectivity index (χ3v) is 4.74. The van der Waals surface area contributed by atoms with Crippen LogP contribution in [-0.4, -0.2) is 17.9 Å². The number of halogens is 2. The van der Waals surface area contributed by atoms with Crippen LogP contribution in [0.15, 0.2) is 46.3 Å². The fraction of sp³-hybridized carbons (Fsp3) is 0.0588. The molecule has 8 heteroatoms. The van der Waals surface area contributed by atoms with Gasteiger partial charge in [-0.15, -0.1) is 0 Å². The molecule has 2 aliphatic rings. The summed E-state index contributed by atoms with van der Waals surface area (Å²) >= 11 is 7.33. The minimum absolute atomic E-state index is 0.139. The Hall–Kier alpha value is -2.51. The van der Waals surface area contributed by atoms with E-state index in [9.17, 15) is 9.18 Å². The normalized spacial score (nSPS) is 18.9. The van der Waals surface area contributed by atoms with E-state index in [1.54, 1.807) is 30.3 Å². The maximum atomic E-state index is 13.7. The highest BCUT2D eigenvalue weighted by atomic mass is 35.5. The van der Waals surface area contributed by atoms with Gasteiger partial charge in [-0.1, -0.05) is 23.7 Å². The van der Waals surface area contributed by atoms with Crippen molar-refractivity contribution >= 4 is 46.2 Å². The molecular formula is C17H10ClFN2O3S. The first-order valence-corrected chi connectivity index (χ1v) is 8.43. The molecule has 2 aliphatic heterocycles. The predicted octanol–water partition coefficient (Wildman–Crippen LogP) is 4.10. The summed E-state index contributed by atoms with van der Waals surface area (Å²) in [4.78, 5) is 16.7. The number of nitrogens with one attached hydrogen (secondary N) is 1. The molecule has 25 heavy (non-hydrogen) atoms. The van der Waals surface area contributed by atoms with Crippen LogP contribution >= 0.6 is 23.4 Å². The number of nitrogens with zero attached hydrogens (tertiary/aromatic N) is 1. The van der Waals surface area contributed by atoms with E-state index in [-0.39, 0.29) is 18.4 Å². The molecule has 0 unspecified atom stereocenters. The quantitative estimate of drug-likeness (QED) is 0.802. The zero-order chi connectivity index (χ0) is 17.4.